The van der Waals surface area contributed by atoms with E-state index in [1.54, 1.807) is 48.5 Å². The van der Waals surface area contributed by atoms with Gasteiger partial charge in [0.05, 0.1) is 5.52 Å². The largest absolute Gasteiger partial charge is 0.508 e. The number of para-hydroxylation sites is 1. The van der Waals surface area contributed by atoms with Gasteiger partial charge in [-0.25, -0.2) is 9.78 Å². The zero-order valence-corrected chi connectivity index (χ0v) is 18.2. The van der Waals surface area contributed by atoms with Crippen LogP contribution >= 0.6 is 11.3 Å². The van der Waals surface area contributed by atoms with Crippen molar-refractivity contribution in [3.63, 3.8) is 0 Å². The van der Waals surface area contributed by atoms with E-state index in [-0.39, 0.29) is 28.7 Å². The Labute approximate surface area is 192 Å². The molecule has 0 radical (unpaired) electrons. The average molecular weight is 455 g/mol. The quantitative estimate of drug-likeness (QED) is 0.307. The molecule has 162 valence electrons. The first-order valence-electron chi connectivity index (χ1n) is 10.1. The van der Waals surface area contributed by atoms with Crippen molar-refractivity contribution in [3.05, 3.63) is 94.4 Å². The van der Waals surface area contributed by atoms with Crippen molar-refractivity contribution < 1.29 is 24.5 Å². The molecule has 2 heterocycles. The number of phenols is 1. The smallest absolute Gasteiger partial charge is 0.341 e. The van der Waals surface area contributed by atoms with Crippen molar-refractivity contribution in [2.75, 3.05) is 0 Å². The Kier molecular flexibility index (Phi) is 5.03. The molecule has 2 N–H and O–H groups in total. The summed E-state index contributed by atoms with van der Waals surface area (Å²) in [4.78, 5) is 30.2. The minimum absolute atomic E-state index is 0.0558. The first-order valence-corrected chi connectivity index (χ1v) is 10.9. The number of thiophene rings is 1. The summed E-state index contributed by atoms with van der Waals surface area (Å²) in [7, 11) is 0. The van der Waals surface area contributed by atoms with Crippen molar-refractivity contribution in [3.8, 4) is 17.4 Å². The molecule has 0 aliphatic heterocycles. The van der Waals surface area contributed by atoms with Crippen LogP contribution in [0.4, 0.5) is 0 Å². The van der Waals surface area contributed by atoms with Crippen LogP contribution in [0.15, 0.2) is 72.8 Å². The van der Waals surface area contributed by atoms with E-state index >= 15 is 0 Å². The molecule has 33 heavy (non-hydrogen) atoms. The van der Waals surface area contributed by atoms with E-state index in [4.69, 9.17) is 4.74 Å². The summed E-state index contributed by atoms with van der Waals surface area (Å²) in [6.45, 7) is 1.85. The first kappa shape index (κ1) is 20.7. The number of carbonyl (C=O) groups is 2. The van der Waals surface area contributed by atoms with Crippen LogP contribution < -0.4 is 4.74 Å². The number of hydrogen-bond donors (Lipinski definition) is 2. The summed E-state index contributed by atoms with van der Waals surface area (Å²) in [6.07, 6.45) is 0. The van der Waals surface area contributed by atoms with Gasteiger partial charge in [0.15, 0.2) is 5.75 Å². The third-order valence-corrected chi connectivity index (χ3v) is 6.47. The molecule has 0 unspecified atom stereocenters. The number of fused-ring (bicyclic) bond motifs is 2. The molecule has 0 fully saturated rings. The van der Waals surface area contributed by atoms with E-state index in [1.807, 2.05) is 19.1 Å². The van der Waals surface area contributed by atoms with E-state index in [0.717, 1.165) is 5.56 Å². The van der Waals surface area contributed by atoms with Gasteiger partial charge in [-0.05, 0) is 42.8 Å². The van der Waals surface area contributed by atoms with Crippen LogP contribution in [0, 0.1) is 6.92 Å². The van der Waals surface area contributed by atoms with Crippen LogP contribution in [0.2, 0.25) is 0 Å². The number of ketones is 1. The lowest BCUT2D eigenvalue weighted by Gasteiger charge is -2.11. The highest BCUT2D eigenvalue weighted by molar-refractivity contribution is 7.21. The molecule has 0 atom stereocenters. The van der Waals surface area contributed by atoms with E-state index in [0.29, 0.717) is 31.4 Å². The predicted molar refractivity (Wildman–Crippen MR) is 127 cm³/mol. The summed E-state index contributed by atoms with van der Waals surface area (Å²) in [5.41, 5.74) is 1.79. The monoisotopic (exact) mass is 455 g/mol. The van der Waals surface area contributed by atoms with Gasteiger partial charge in [0.25, 0.3) is 0 Å². The molecule has 0 aliphatic carbocycles. The number of ether oxygens (including phenoxy) is 1. The number of aromatic carboxylic acids is 1. The zero-order valence-electron chi connectivity index (χ0n) is 17.4. The summed E-state index contributed by atoms with van der Waals surface area (Å²) in [6, 6.07) is 20.5. The Hall–Kier alpha value is -4.23. The van der Waals surface area contributed by atoms with E-state index in [2.05, 4.69) is 4.98 Å². The van der Waals surface area contributed by atoms with Gasteiger partial charge >= 0.3 is 5.97 Å². The minimum atomic E-state index is -1.19. The maximum Gasteiger partial charge on any atom is 0.341 e. The number of benzene rings is 3. The molecule has 0 saturated heterocycles. The van der Waals surface area contributed by atoms with Crippen molar-refractivity contribution in [2.24, 2.45) is 0 Å². The standard InChI is InChI=1S/C26H17NO5S/c1-14-6-2-4-8-17(14)22(29)24-23(18-11-10-16(28)13-21(18)33-24)32-25-19(26(30)31)12-15-7-3-5-9-20(15)27-25/h2-13,28H,1H3,(H,30,31). The molecule has 0 aliphatic rings. The molecule has 7 heteroatoms. The van der Waals surface area contributed by atoms with Gasteiger partial charge in [0.1, 0.15) is 16.2 Å². The number of rotatable bonds is 5. The number of aromatic hydroxyl groups is 1. The Bertz CT molecular complexity index is 1570. The molecule has 2 aromatic heterocycles. The van der Waals surface area contributed by atoms with Crippen molar-refractivity contribution >= 4 is 44.1 Å². The Balaban J connectivity index is 1.72. The molecule has 0 spiro atoms. The van der Waals surface area contributed by atoms with E-state index in [9.17, 15) is 19.8 Å². The van der Waals surface area contributed by atoms with Crippen molar-refractivity contribution in [1.82, 2.24) is 4.98 Å². The van der Waals surface area contributed by atoms with Gasteiger partial charge in [-0.3, -0.25) is 4.79 Å². The molecule has 0 bridgehead atoms. The number of carboxylic acid groups (broad SMARTS) is 1. The SMILES string of the molecule is Cc1ccccc1C(=O)c1sc2cc(O)ccc2c1Oc1nc2ccccc2cc1C(=O)O. The fourth-order valence-electron chi connectivity index (χ4n) is 3.69. The van der Waals surface area contributed by atoms with E-state index < -0.39 is 5.97 Å². The molecule has 5 aromatic rings. The highest BCUT2D eigenvalue weighted by Gasteiger charge is 2.25. The zero-order chi connectivity index (χ0) is 23.1. The summed E-state index contributed by atoms with van der Waals surface area (Å²) >= 11 is 1.18. The maximum absolute atomic E-state index is 13.5. The Morgan fingerprint density at radius 3 is 2.48 bits per heavy atom. The number of carbonyl (C=O) groups excluding carboxylic acids is 1. The number of nitrogens with zero attached hydrogens (tertiary/aromatic N) is 1. The number of phenolic OH excluding ortho intramolecular Hbond substituents is 1. The highest BCUT2D eigenvalue weighted by atomic mass is 32.1. The van der Waals surface area contributed by atoms with Crippen molar-refractivity contribution in [2.45, 2.75) is 6.92 Å². The second-order valence-corrected chi connectivity index (χ2v) is 8.58. The number of carboxylic acids is 1. The Morgan fingerprint density at radius 2 is 1.70 bits per heavy atom. The fraction of sp³-hybridized carbons (Fsp3) is 0.0385. The topological polar surface area (TPSA) is 96.7 Å². The number of aryl methyl sites for hydroxylation is 1. The summed E-state index contributed by atoms with van der Waals surface area (Å²) < 4.78 is 6.74. The maximum atomic E-state index is 13.5. The van der Waals surface area contributed by atoms with Crippen LogP contribution in [0.5, 0.6) is 17.4 Å². The van der Waals surface area contributed by atoms with Crippen LogP contribution in [-0.4, -0.2) is 26.9 Å². The van der Waals surface area contributed by atoms with Gasteiger partial charge < -0.3 is 14.9 Å². The lowest BCUT2D eigenvalue weighted by Crippen LogP contribution is -2.06. The summed E-state index contributed by atoms with van der Waals surface area (Å²) in [5.74, 6) is -1.27. The third-order valence-electron chi connectivity index (χ3n) is 5.34. The van der Waals surface area contributed by atoms with Crippen LogP contribution in [0.3, 0.4) is 0 Å². The lowest BCUT2D eigenvalue weighted by molar-refractivity contribution is 0.0693. The number of hydrogen-bond acceptors (Lipinski definition) is 6. The average Bonchev–Trinajstić information content (AvgIpc) is 3.15. The number of aromatic nitrogens is 1. The van der Waals surface area contributed by atoms with Gasteiger partial charge in [-0.15, -0.1) is 11.3 Å². The predicted octanol–water partition coefficient (Wildman–Crippen LogP) is 6.19. The van der Waals surface area contributed by atoms with Gasteiger partial charge in [0, 0.05) is 21.0 Å². The van der Waals surface area contributed by atoms with Gasteiger partial charge in [-0.1, -0.05) is 42.5 Å². The van der Waals surface area contributed by atoms with Crippen molar-refractivity contribution in [1.29, 1.82) is 0 Å². The minimum Gasteiger partial charge on any atom is -0.508 e. The molecule has 0 amide bonds. The highest BCUT2D eigenvalue weighted by Crippen LogP contribution is 2.43. The molecule has 3 aromatic carbocycles. The summed E-state index contributed by atoms with van der Waals surface area (Å²) in [5, 5.41) is 21.0. The van der Waals surface area contributed by atoms with Crippen LogP contribution in [0.1, 0.15) is 31.2 Å². The molecular weight excluding hydrogens is 438 g/mol. The second-order valence-electron chi connectivity index (χ2n) is 7.53. The fourth-order valence-corrected chi connectivity index (χ4v) is 4.81. The number of pyridine rings is 1. The normalized spacial score (nSPS) is 11.1. The van der Waals surface area contributed by atoms with E-state index in [1.165, 1.54) is 23.5 Å². The molecule has 0 saturated carbocycles. The first-order chi connectivity index (χ1) is 15.9. The third kappa shape index (κ3) is 3.68. The molecular formula is C26H17NO5S. The van der Waals surface area contributed by atoms with Crippen LogP contribution in [0.25, 0.3) is 21.0 Å². The lowest BCUT2D eigenvalue weighted by atomic mass is 10.0. The van der Waals surface area contributed by atoms with Crippen LogP contribution in [-0.2, 0) is 0 Å². The second kappa shape index (κ2) is 8.03. The molecule has 5 rings (SSSR count). The molecule has 6 nitrogen and oxygen atoms in total. The Morgan fingerprint density at radius 1 is 0.939 bits per heavy atom. The van der Waals surface area contributed by atoms with Gasteiger partial charge in [0.2, 0.25) is 11.7 Å². The van der Waals surface area contributed by atoms with Gasteiger partial charge in [-0.2, -0.15) is 0 Å².